The van der Waals surface area contributed by atoms with Crippen LogP contribution in [0.2, 0.25) is 5.02 Å². The lowest BCUT2D eigenvalue weighted by Crippen LogP contribution is -2.05. The molecule has 7 heteroatoms. The number of ether oxygens (including phenoxy) is 3. The maximum atomic E-state index is 6.20. The summed E-state index contributed by atoms with van der Waals surface area (Å²) in [6.45, 7) is 0.533. The molecule has 0 bridgehead atoms. The molecule has 0 atom stereocenters. The summed E-state index contributed by atoms with van der Waals surface area (Å²) in [6, 6.07) is 17.4. The van der Waals surface area contributed by atoms with Crippen LogP contribution in [0.3, 0.4) is 0 Å². The molecule has 1 N–H and O–H groups in total. The molecule has 31 heavy (non-hydrogen) atoms. The molecule has 0 spiro atoms. The van der Waals surface area contributed by atoms with E-state index in [1.165, 1.54) is 0 Å². The molecule has 4 aromatic rings. The quantitative estimate of drug-likeness (QED) is 0.408. The third-order valence-corrected chi connectivity index (χ3v) is 5.31. The normalized spacial score (nSPS) is 10.7. The summed E-state index contributed by atoms with van der Waals surface area (Å²) in [5.74, 6) is 2.95. The lowest BCUT2D eigenvalue weighted by molar-refractivity contribution is 0.391. The van der Waals surface area contributed by atoms with Gasteiger partial charge in [0.25, 0.3) is 0 Å². The molecule has 0 saturated heterocycles. The maximum absolute atomic E-state index is 6.20. The van der Waals surface area contributed by atoms with Crippen LogP contribution in [-0.4, -0.2) is 31.5 Å². The van der Waals surface area contributed by atoms with Crippen LogP contribution in [0.15, 0.2) is 60.8 Å². The summed E-state index contributed by atoms with van der Waals surface area (Å²) < 4.78 is 16.2. The van der Waals surface area contributed by atoms with Gasteiger partial charge in [0.2, 0.25) is 0 Å². The van der Waals surface area contributed by atoms with Crippen LogP contribution < -0.4 is 19.5 Å². The van der Waals surface area contributed by atoms with Crippen LogP contribution in [0, 0.1) is 0 Å². The van der Waals surface area contributed by atoms with Gasteiger partial charge in [0.15, 0.2) is 5.82 Å². The van der Waals surface area contributed by atoms with E-state index in [1.54, 1.807) is 27.5 Å². The van der Waals surface area contributed by atoms with Crippen LogP contribution in [0.1, 0.15) is 5.56 Å². The number of nitrogens with one attached hydrogen (secondary N) is 1. The molecule has 6 nitrogen and oxygen atoms in total. The number of methoxy groups -OCH3 is 3. The van der Waals surface area contributed by atoms with Crippen molar-refractivity contribution in [1.29, 1.82) is 0 Å². The Morgan fingerprint density at radius 2 is 1.71 bits per heavy atom. The number of benzene rings is 3. The van der Waals surface area contributed by atoms with Crippen molar-refractivity contribution in [2.75, 3.05) is 26.6 Å². The predicted molar refractivity (Wildman–Crippen MR) is 123 cm³/mol. The predicted octanol–water partition coefficient (Wildman–Crippen LogP) is 5.59. The van der Waals surface area contributed by atoms with Crippen LogP contribution in [0.25, 0.3) is 21.9 Å². The average Bonchev–Trinajstić information content (AvgIpc) is 2.82. The number of aromatic nitrogens is 2. The molecule has 0 radical (unpaired) electrons. The van der Waals surface area contributed by atoms with E-state index in [-0.39, 0.29) is 0 Å². The van der Waals surface area contributed by atoms with Crippen molar-refractivity contribution in [3.05, 3.63) is 71.4 Å². The number of fused-ring (bicyclic) bond motifs is 1. The molecule has 0 fully saturated rings. The van der Waals surface area contributed by atoms with Gasteiger partial charge in [-0.15, -0.1) is 5.10 Å². The Morgan fingerprint density at radius 1 is 0.871 bits per heavy atom. The van der Waals surface area contributed by atoms with Gasteiger partial charge in [-0.3, -0.25) is 0 Å². The Balaban J connectivity index is 1.65. The monoisotopic (exact) mass is 435 g/mol. The van der Waals surface area contributed by atoms with Crippen LogP contribution in [-0.2, 0) is 6.54 Å². The third kappa shape index (κ3) is 4.34. The Kier molecular flexibility index (Phi) is 6.09. The second kappa shape index (κ2) is 9.10. The third-order valence-electron chi connectivity index (χ3n) is 5.07. The summed E-state index contributed by atoms with van der Waals surface area (Å²) in [5.41, 5.74) is 2.90. The maximum Gasteiger partial charge on any atom is 0.156 e. The molecule has 158 valence electrons. The first-order chi connectivity index (χ1) is 15.1. The van der Waals surface area contributed by atoms with E-state index in [0.717, 1.165) is 44.7 Å². The molecule has 0 aliphatic heterocycles. The molecular weight excluding hydrogens is 414 g/mol. The van der Waals surface area contributed by atoms with E-state index in [2.05, 4.69) is 21.6 Å². The SMILES string of the molecule is COc1ccc(CNc2nncc3cc(-c4cc(Cl)ccc4OC)ccc23)c(OC)c1. The summed E-state index contributed by atoms with van der Waals surface area (Å²) in [6.07, 6.45) is 1.75. The first-order valence-corrected chi connectivity index (χ1v) is 10.0. The first kappa shape index (κ1) is 20.8. The second-order valence-electron chi connectivity index (χ2n) is 6.87. The summed E-state index contributed by atoms with van der Waals surface area (Å²) in [5, 5.41) is 14.4. The molecule has 1 aromatic heterocycles. The minimum absolute atomic E-state index is 0.533. The molecule has 0 saturated carbocycles. The van der Waals surface area contributed by atoms with Gasteiger partial charge in [0.05, 0.1) is 27.5 Å². The van der Waals surface area contributed by atoms with E-state index in [0.29, 0.717) is 17.4 Å². The highest BCUT2D eigenvalue weighted by molar-refractivity contribution is 6.31. The van der Waals surface area contributed by atoms with Gasteiger partial charge in [-0.05, 0) is 48.0 Å². The number of nitrogens with zero attached hydrogens (tertiary/aromatic N) is 2. The smallest absolute Gasteiger partial charge is 0.156 e. The number of rotatable bonds is 7. The Morgan fingerprint density at radius 3 is 2.48 bits per heavy atom. The molecule has 0 unspecified atom stereocenters. The molecule has 1 heterocycles. The van der Waals surface area contributed by atoms with Crippen molar-refractivity contribution in [2.24, 2.45) is 0 Å². The number of hydrogen-bond acceptors (Lipinski definition) is 6. The number of halogens is 1. The topological polar surface area (TPSA) is 65.5 Å². The van der Waals surface area contributed by atoms with Crippen LogP contribution in [0.5, 0.6) is 17.2 Å². The highest BCUT2D eigenvalue weighted by atomic mass is 35.5. The first-order valence-electron chi connectivity index (χ1n) is 9.67. The second-order valence-corrected chi connectivity index (χ2v) is 7.31. The van der Waals surface area contributed by atoms with Gasteiger partial charge in [0, 0.05) is 39.5 Å². The van der Waals surface area contributed by atoms with Crippen molar-refractivity contribution in [1.82, 2.24) is 10.2 Å². The average molecular weight is 436 g/mol. The fraction of sp³-hybridized carbons (Fsp3) is 0.167. The van der Waals surface area contributed by atoms with E-state index in [4.69, 9.17) is 25.8 Å². The lowest BCUT2D eigenvalue weighted by atomic mass is 10.0. The molecule has 3 aromatic carbocycles. The Labute approximate surface area is 185 Å². The molecule has 0 aliphatic rings. The highest BCUT2D eigenvalue weighted by Gasteiger charge is 2.11. The Bertz CT molecular complexity index is 1230. The van der Waals surface area contributed by atoms with Gasteiger partial charge in [0.1, 0.15) is 17.2 Å². The highest BCUT2D eigenvalue weighted by Crippen LogP contribution is 2.35. The minimum atomic E-state index is 0.533. The zero-order valence-electron chi connectivity index (χ0n) is 17.5. The van der Waals surface area contributed by atoms with Crippen molar-refractivity contribution in [2.45, 2.75) is 6.54 Å². The van der Waals surface area contributed by atoms with Crippen LogP contribution >= 0.6 is 11.6 Å². The van der Waals surface area contributed by atoms with Gasteiger partial charge >= 0.3 is 0 Å². The van der Waals surface area contributed by atoms with Crippen molar-refractivity contribution >= 4 is 28.2 Å². The number of hydrogen-bond donors (Lipinski definition) is 1. The largest absolute Gasteiger partial charge is 0.497 e. The molecule has 0 aliphatic carbocycles. The van der Waals surface area contributed by atoms with E-state index in [1.807, 2.05) is 48.5 Å². The van der Waals surface area contributed by atoms with E-state index in [9.17, 15) is 0 Å². The van der Waals surface area contributed by atoms with Gasteiger partial charge in [-0.1, -0.05) is 17.7 Å². The summed E-state index contributed by atoms with van der Waals surface area (Å²) in [7, 11) is 4.92. The fourth-order valence-electron chi connectivity index (χ4n) is 3.47. The van der Waals surface area contributed by atoms with Gasteiger partial charge in [-0.2, -0.15) is 5.10 Å². The standard InChI is InChI=1S/C24H22ClN3O3/c1-29-19-7-4-16(23(12-19)31-3)13-26-24-20-8-5-15(10-17(20)14-27-28-24)21-11-18(25)6-9-22(21)30-2/h4-12,14H,13H2,1-3H3,(H,26,28). The van der Waals surface area contributed by atoms with Crippen LogP contribution in [0.4, 0.5) is 5.82 Å². The zero-order chi connectivity index (χ0) is 21.8. The lowest BCUT2D eigenvalue weighted by Gasteiger charge is -2.13. The fourth-order valence-corrected chi connectivity index (χ4v) is 3.64. The molecule has 4 rings (SSSR count). The molecular formula is C24H22ClN3O3. The van der Waals surface area contributed by atoms with E-state index < -0.39 is 0 Å². The van der Waals surface area contributed by atoms with Crippen molar-refractivity contribution < 1.29 is 14.2 Å². The molecule has 0 amide bonds. The van der Waals surface area contributed by atoms with E-state index >= 15 is 0 Å². The van der Waals surface area contributed by atoms with Gasteiger partial charge in [-0.25, -0.2) is 0 Å². The number of anilines is 1. The zero-order valence-corrected chi connectivity index (χ0v) is 18.2. The summed E-state index contributed by atoms with van der Waals surface area (Å²) in [4.78, 5) is 0. The van der Waals surface area contributed by atoms with Crippen molar-refractivity contribution in [3.63, 3.8) is 0 Å². The van der Waals surface area contributed by atoms with Crippen molar-refractivity contribution in [3.8, 4) is 28.4 Å². The minimum Gasteiger partial charge on any atom is -0.497 e. The summed E-state index contributed by atoms with van der Waals surface area (Å²) >= 11 is 6.20. The Hall–Kier alpha value is -3.51. The van der Waals surface area contributed by atoms with Gasteiger partial charge < -0.3 is 19.5 Å².